The number of nitrogens with zero attached hydrogens (tertiary/aromatic N) is 3. The highest BCUT2D eigenvalue weighted by molar-refractivity contribution is 6.32. The number of benzene rings is 2. The van der Waals surface area contributed by atoms with Crippen LogP contribution in [0, 0.1) is 6.92 Å². The van der Waals surface area contributed by atoms with Crippen molar-refractivity contribution in [1.29, 1.82) is 0 Å². The maximum Gasteiger partial charge on any atom is 0.387 e. The lowest BCUT2D eigenvalue weighted by molar-refractivity contribution is -0.116. The van der Waals surface area contributed by atoms with Gasteiger partial charge in [-0.1, -0.05) is 23.7 Å². The molecule has 1 N–H and O–H groups in total. The van der Waals surface area contributed by atoms with Crippen molar-refractivity contribution in [2.45, 2.75) is 20.1 Å². The second-order valence-corrected chi connectivity index (χ2v) is 7.51. The van der Waals surface area contributed by atoms with E-state index in [1.807, 2.05) is 37.3 Å². The molecule has 0 fully saturated rings. The summed E-state index contributed by atoms with van der Waals surface area (Å²) in [6.07, 6.45) is 1.67. The predicted octanol–water partition coefficient (Wildman–Crippen LogP) is 5.31. The molecule has 170 valence electrons. The van der Waals surface area contributed by atoms with E-state index >= 15 is 0 Å². The predicted molar refractivity (Wildman–Crippen MR) is 121 cm³/mol. The van der Waals surface area contributed by atoms with Gasteiger partial charge in [0.1, 0.15) is 18.0 Å². The highest BCUT2D eigenvalue weighted by atomic mass is 35.5. The third kappa shape index (κ3) is 4.88. The van der Waals surface area contributed by atoms with Gasteiger partial charge in [-0.3, -0.25) is 4.79 Å². The summed E-state index contributed by atoms with van der Waals surface area (Å²) < 4.78 is 35.8. The van der Waals surface area contributed by atoms with Gasteiger partial charge in [0.2, 0.25) is 5.91 Å². The number of aromatic nitrogens is 3. The summed E-state index contributed by atoms with van der Waals surface area (Å²) in [5.74, 6) is 0.199. The highest BCUT2D eigenvalue weighted by Crippen LogP contribution is 2.31. The van der Waals surface area contributed by atoms with E-state index in [-0.39, 0.29) is 23.2 Å². The minimum atomic E-state index is -2.99. The van der Waals surface area contributed by atoms with Crippen LogP contribution >= 0.6 is 11.6 Å². The minimum absolute atomic E-state index is 0.0423. The number of alkyl halides is 2. The fraction of sp³-hybridized carbons (Fsp3) is 0.174. The number of hydrogen-bond acceptors (Lipinski definition) is 5. The van der Waals surface area contributed by atoms with Gasteiger partial charge < -0.3 is 14.8 Å². The van der Waals surface area contributed by atoms with E-state index in [9.17, 15) is 13.6 Å². The molecule has 0 aliphatic rings. The maximum atomic E-state index is 12.6. The van der Waals surface area contributed by atoms with Crippen molar-refractivity contribution in [3.63, 3.8) is 0 Å². The second-order valence-electron chi connectivity index (χ2n) is 7.10. The summed E-state index contributed by atoms with van der Waals surface area (Å²) in [4.78, 5) is 17.0. The summed E-state index contributed by atoms with van der Waals surface area (Å²) in [5, 5.41) is 7.97. The Hall–Kier alpha value is -3.72. The zero-order valence-corrected chi connectivity index (χ0v) is 18.4. The number of aryl methyl sites for hydroxylation is 1. The second kappa shape index (κ2) is 9.41. The van der Waals surface area contributed by atoms with E-state index < -0.39 is 6.61 Å². The van der Waals surface area contributed by atoms with Crippen LogP contribution in [0.4, 0.5) is 14.5 Å². The molecule has 33 heavy (non-hydrogen) atoms. The fourth-order valence-electron chi connectivity index (χ4n) is 3.51. The number of fused-ring (bicyclic) bond motifs is 1. The molecule has 2 heterocycles. The molecule has 0 aliphatic carbocycles. The van der Waals surface area contributed by atoms with Crippen LogP contribution in [0.1, 0.15) is 5.69 Å². The van der Waals surface area contributed by atoms with Gasteiger partial charge in [0, 0.05) is 17.3 Å². The first-order valence-corrected chi connectivity index (χ1v) is 10.2. The standard InChI is InChI=1S/C23H19ClF2N4O3/c1-13-21-17(14-3-6-16(32-2)7-4-14)9-10-27-22(21)30(29-13)12-20(31)28-15-5-8-19(18(24)11-15)33-23(25)26/h3-11,23H,12H2,1-2H3,(H,28,31). The van der Waals surface area contributed by atoms with Crippen LogP contribution in [-0.2, 0) is 11.3 Å². The van der Waals surface area contributed by atoms with Crippen LogP contribution < -0.4 is 14.8 Å². The minimum Gasteiger partial charge on any atom is -0.497 e. The number of carbonyl (C=O) groups excluding carboxylic acids is 1. The molecule has 0 atom stereocenters. The lowest BCUT2D eigenvalue weighted by Gasteiger charge is -2.10. The normalized spacial score (nSPS) is 11.1. The van der Waals surface area contributed by atoms with Crippen molar-refractivity contribution in [1.82, 2.24) is 14.8 Å². The van der Waals surface area contributed by atoms with Gasteiger partial charge >= 0.3 is 6.61 Å². The molecule has 4 rings (SSSR count). The average Bonchev–Trinajstić information content (AvgIpc) is 3.11. The van der Waals surface area contributed by atoms with Gasteiger partial charge in [0.25, 0.3) is 0 Å². The number of anilines is 1. The van der Waals surface area contributed by atoms with E-state index in [1.54, 1.807) is 13.3 Å². The van der Waals surface area contributed by atoms with E-state index in [0.29, 0.717) is 11.3 Å². The largest absolute Gasteiger partial charge is 0.497 e. The molecule has 7 nitrogen and oxygen atoms in total. The summed E-state index contributed by atoms with van der Waals surface area (Å²) in [7, 11) is 1.61. The molecule has 0 saturated heterocycles. The Morgan fingerprint density at radius 3 is 2.61 bits per heavy atom. The molecular formula is C23H19ClF2N4O3. The Balaban J connectivity index is 1.57. The molecule has 2 aromatic heterocycles. The van der Waals surface area contributed by atoms with Crippen molar-refractivity contribution in [2.75, 3.05) is 12.4 Å². The van der Waals surface area contributed by atoms with Crippen molar-refractivity contribution in [3.05, 3.63) is 65.4 Å². The van der Waals surface area contributed by atoms with Crippen molar-refractivity contribution >= 4 is 34.2 Å². The molecule has 0 unspecified atom stereocenters. The van der Waals surface area contributed by atoms with Crippen molar-refractivity contribution in [3.8, 4) is 22.6 Å². The van der Waals surface area contributed by atoms with Gasteiger partial charge in [-0.15, -0.1) is 0 Å². The molecule has 2 aromatic carbocycles. The Labute approximate surface area is 192 Å². The van der Waals surface area contributed by atoms with Crippen molar-refractivity contribution < 1.29 is 23.0 Å². The third-order valence-corrected chi connectivity index (χ3v) is 5.23. The molecule has 0 spiro atoms. The number of hydrogen-bond donors (Lipinski definition) is 1. The molecule has 0 radical (unpaired) electrons. The summed E-state index contributed by atoms with van der Waals surface area (Å²) in [5.41, 5.74) is 3.54. The smallest absolute Gasteiger partial charge is 0.387 e. The van der Waals surface area contributed by atoms with E-state index in [2.05, 4.69) is 20.1 Å². The van der Waals surface area contributed by atoms with Gasteiger partial charge in [0.05, 0.1) is 17.8 Å². The first kappa shape index (κ1) is 22.5. The Kier molecular flexibility index (Phi) is 6.41. The molecule has 4 aromatic rings. The lowest BCUT2D eigenvalue weighted by atomic mass is 10.0. The molecule has 0 saturated carbocycles. The van der Waals surface area contributed by atoms with Crippen molar-refractivity contribution in [2.24, 2.45) is 0 Å². The number of nitrogens with one attached hydrogen (secondary N) is 1. The zero-order valence-electron chi connectivity index (χ0n) is 17.7. The van der Waals surface area contributed by atoms with Crippen LogP contribution in [0.25, 0.3) is 22.2 Å². The maximum absolute atomic E-state index is 12.6. The average molecular weight is 473 g/mol. The number of rotatable bonds is 7. The Bertz CT molecular complexity index is 1310. The molecule has 10 heteroatoms. The third-order valence-electron chi connectivity index (χ3n) is 4.93. The Morgan fingerprint density at radius 1 is 1.18 bits per heavy atom. The van der Waals surface area contributed by atoms with Gasteiger partial charge in [-0.05, 0) is 54.4 Å². The lowest BCUT2D eigenvalue weighted by Crippen LogP contribution is -2.19. The number of amides is 1. The summed E-state index contributed by atoms with van der Waals surface area (Å²) >= 11 is 5.95. The van der Waals surface area contributed by atoms with E-state index in [1.165, 1.54) is 22.9 Å². The Morgan fingerprint density at radius 2 is 1.94 bits per heavy atom. The quantitative estimate of drug-likeness (QED) is 0.394. The zero-order chi connectivity index (χ0) is 23.5. The molecule has 0 aliphatic heterocycles. The SMILES string of the molecule is COc1ccc(-c2ccnc3c2c(C)nn3CC(=O)Nc2ccc(OC(F)F)c(Cl)c2)cc1. The summed E-state index contributed by atoms with van der Waals surface area (Å²) in [6.45, 7) is -1.24. The first-order valence-electron chi connectivity index (χ1n) is 9.86. The number of ether oxygens (including phenoxy) is 2. The number of halogens is 3. The van der Waals surface area contributed by atoms with Crippen LogP contribution in [0.3, 0.4) is 0 Å². The van der Waals surface area contributed by atoms with E-state index in [4.69, 9.17) is 16.3 Å². The topological polar surface area (TPSA) is 78.3 Å². The molecule has 0 bridgehead atoms. The summed E-state index contributed by atoms with van der Waals surface area (Å²) in [6, 6.07) is 13.6. The van der Waals surface area contributed by atoms with Crippen LogP contribution in [-0.4, -0.2) is 34.4 Å². The molecule has 1 amide bonds. The number of carbonyl (C=O) groups is 1. The van der Waals surface area contributed by atoms with Crippen LogP contribution in [0.5, 0.6) is 11.5 Å². The highest BCUT2D eigenvalue weighted by Gasteiger charge is 2.17. The van der Waals surface area contributed by atoms with Gasteiger partial charge in [-0.25, -0.2) is 9.67 Å². The van der Waals surface area contributed by atoms with E-state index in [0.717, 1.165) is 28.0 Å². The number of pyridine rings is 1. The van der Waals surface area contributed by atoms with Crippen LogP contribution in [0.15, 0.2) is 54.7 Å². The number of methoxy groups -OCH3 is 1. The van der Waals surface area contributed by atoms with Gasteiger partial charge in [-0.2, -0.15) is 13.9 Å². The fourth-order valence-corrected chi connectivity index (χ4v) is 3.73. The van der Waals surface area contributed by atoms with Gasteiger partial charge in [0.15, 0.2) is 5.65 Å². The van der Waals surface area contributed by atoms with Crippen LogP contribution in [0.2, 0.25) is 5.02 Å². The molecular weight excluding hydrogens is 454 g/mol. The first-order chi connectivity index (χ1) is 15.9. The monoisotopic (exact) mass is 472 g/mol.